The van der Waals surface area contributed by atoms with Crippen LogP contribution in [-0.2, 0) is 19.5 Å². The van der Waals surface area contributed by atoms with Crippen molar-refractivity contribution in [2.75, 3.05) is 13.6 Å². The molecule has 0 spiro atoms. The van der Waals surface area contributed by atoms with E-state index >= 15 is 0 Å². The Labute approximate surface area is 160 Å². The monoisotopic (exact) mass is 367 g/mol. The number of aromatic amines is 1. The number of likely N-dealkylation sites (N-methyl/N-ethyl adjacent to an activating group) is 1. The number of rotatable bonds is 7. The van der Waals surface area contributed by atoms with E-state index in [1.165, 1.54) is 5.56 Å². The summed E-state index contributed by atoms with van der Waals surface area (Å²) in [7, 11) is 2.13. The Morgan fingerprint density at radius 3 is 2.81 bits per heavy atom. The molecule has 2 aromatic heterocycles. The molecule has 0 unspecified atom stereocenters. The standard InChI is InChI=1S/C20H29N7/c1-4-27-18(24-25-20(27)14-10-15(21)11-14)12-26(3)9-8-17-22-16-7-5-6-13(2)19(16)23-17/h5-7,14-15H,4,8-12,21H2,1-3H3,(H,22,23). The number of imidazole rings is 1. The quantitative estimate of drug-likeness (QED) is 0.669. The lowest BCUT2D eigenvalue weighted by molar-refractivity contribution is 0.307. The minimum atomic E-state index is 0.329. The number of nitrogens with one attached hydrogen (secondary N) is 1. The molecule has 1 fully saturated rings. The normalized spacial score (nSPS) is 19.7. The molecule has 1 aromatic carbocycles. The van der Waals surface area contributed by atoms with Crippen LogP contribution in [0, 0.1) is 6.92 Å². The van der Waals surface area contributed by atoms with Gasteiger partial charge in [0.1, 0.15) is 17.5 Å². The van der Waals surface area contributed by atoms with Crippen LogP contribution in [0.5, 0.6) is 0 Å². The lowest BCUT2D eigenvalue weighted by Crippen LogP contribution is -2.36. The van der Waals surface area contributed by atoms with Crippen molar-refractivity contribution < 1.29 is 0 Å². The number of aryl methyl sites for hydroxylation is 1. The molecule has 4 rings (SSSR count). The van der Waals surface area contributed by atoms with Gasteiger partial charge in [-0.05, 0) is 45.4 Å². The van der Waals surface area contributed by atoms with Crippen molar-refractivity contribution in [1.29, 1.82) is 0 Å². The molecule has 0 saturated heterocycles. The Bertz CT molecular complexity index is 920. The average molecular weight is 368 g/mol. The third-order valence-corrected chi connectivity index (χ3v) is 5.62. The van der Waals surface area contributed by atoms with Crippen LogP contribution in [0.25, 0.3) is 11.0 Å². The average Bonchev–Trinajstić information content (AvgIpc) is 3.21. The lowest BCUT2D eigenvalue weighted by atomic mass is 9.80. The molecule has 0 radical (unpaired) electrons. The van der Waals surface area contributed by atoms with Gasteiger partial charge in [-0.25, -0.2) is 4.98 Å². The Morgan fingerprint density at radius 1 is 1.30 bits per heavy atom. The van der Waals surface area contributed by atoms with E-state index in [-0.39, 0.29) is 0 Å². The topological polar surface area (TPSA) is 88.7 Å². The maximum atomic E-state index is 5.94. The molecule has 0 amide bonds. The fraction of sp³-hybridized carbons (Fsp3) is 0.550. The van der Waals surface area contributed by atoms with Crippen LogP contribution in [0.2, 0.25) is 0 Å². The van der Waals surface area contributed by atoms with Crippen LogP contribution < -0.4 is 5.73 Å². The molecule has 144 valence electrons. The highest BCUT2D eigenvalue weighted by Crippen LogP contribution is 2.34. The maximum absolute atomic E-state index is 5.94. The number of benzene rings is 1. The van der Waals surface area contributed by atoms with Crippen molar-refractivity contribution in [3.05, 3.63) is 41.2 Å². The van der Waals surface area contributed by atoms with Crippen LogP contribution in [0.15, 0.2) is 18.2 Å². The van der Waals surface area contributed by atoms with Gasteiger partial charge < -0.3 is 15.3 Å². The van der Waals surface area contributed by atoms with E-state index in [1.54, 1.807) is 0 Å². The molecule has 1 saturated carbocycles. The second-order valence-corrected chi connectivity index (χ2v) is 7.79. The molecule has 7 heteroatoms. The first-order valence-corrected chi connectivity index (χ1v) is 9.85. The zero-order chi connectivity index (χ0) is 19.0. The summed E-state index contributed by atoms with van der Waals surface area (Å²) in [5, 5.41) is 8.93. The predicted octanol–water partition coefficient (Wildman–Crippen LogP) is 2.36. The van der Waals surface area contributed by atoms with Gasteiger partial charge in [0.15, 0.2) is 0 Å². The van der Waals surface area contributed by atoms with Crippen molar-refractivity contribution in [2.24, 2.45) is 5.73 Å². The molecule has 27 heavy (non-hydrogen) atoms. The predicted molar refractivity (Wildman–Crippen MR) is 107 cm³/mol. The van der Waals surface area contributed by atoms with Gasteiger partial charge >= 0.3 is 0 Å². The van der Waals surface area contributed by atoms with Gasteiger partial charge in [0.05, 0.1) is 17.6 Å². The fourth-order valence-electron chi connectivity index (χ4n) is 3.95. The summed E-state index contributed by atoms with van der Waals surface area (Å²) in [6.07, 6.45) is 2.94. The van der Waals surface area contributed by atoms with Crippen molar-refractivity contribution in [2.45, 2.75) is 58.2 Å². The number of fused-ring (bicyclic) bond motifs is 1. The first-order chi connectivity index (χ1) is 13.0. The largest absolute Gasteiger partial charge is 0.342 e. The van der Waals surface area contributed by atoms with Gasteiger partial charge in [-0.1, -0.05) is 12.1 Å². The number of hydrogen-bond acceptors (Lipinski definition) is 5. The molecule has 0 atom stereocenters. The van der Waals surface area contributed by atoms with Crippen molar-refractivity contribution in [1.82, 2.24) is 29.6 Å². The van der Waals surface area contributed by atoms with Crippen LogP contribution in [0.4, 0.5) is 0 Å². The maximum Gasteiger partial charge on any atom is 0.147 e. The number of H-pyrrole nitrogens is 1. The van der Waals surface area contributed by atoms with Gasteiger partial charge in [0.25, 0.3) is 0 Å². The molecule has 1 aliphatic carbocycles. The molecular formula is C20H29N7. The molecule has 0 bridgehead atoms. The third-order valence-electron chi connectivity index (χ3n) is 5.62. The third kappa shape index (κ3) is 3.61. The smallest absolute Gasteiger partial charge is 0.147 e. The highest BCUT2D eigenvalue weighted by Gasteiger charge is 2.32. The Hall–Kier alpha value is -2.25. The first kappa shape index (κ1) is 18.1. The van der Waals surface area contributed by atoms with Crippen LogP contribution in [-0.4, -0.2) is 49.3 Å². The van der Waals surface area contributed by atoms with Gasteiger partial charge in [-0.3, -0.25) is 4.90 Å². The van der Waals surface area contributed by atoms with E-state index in [0.29, 0.717) is 12.0 Å². The summed E-state index contributed by atoms with van der Waals surface area (Å²) < 4.78 is 2.26. The number of hydrogen-bond donors (Lipinski definition) is 2. The minimum Gasteiger partial charge on any atom is -0.342 e. The summed E-state index contributed by atoms with van der Waals surface area (Å²) in [6, 6.07) is 6.58. The summed E-state index contributed by atoms with van der Waals surface area (Å²) in [4.78, 5) is 10.5. The summed E-state index contributed by atoms with van der Waals surface area (Å²) >= 11 is 0. The van der Waals surface area contributed by atoms with Crippen LogP contribution in [0.3, 0.4) is 0 Å². The highest BCUT2D eigenvalue weighted by molar-refractivity contribution is 5.78. The molecule has 0 aliphatic heterocycles. The first-order valence-electron chi connectivity index (χ1n) is 9.85. The Balaban J connectivity index is 1.39. The van der Waals surface area contributed by atoms with E-state index in [9.17, 15) is 0 Å². The molecular weight excluding hydrogens is 338 g/mol. The Morgan fingerprint density at radius 2 is 2.11 bits per heavy atom. The highest BCUT2D eigenvalue weighted by atomic mass is 15.3. The Kier molecular flexibility index (Phi) is 4.97. The summed E-state index contributed by atoms with van der Waals surface area (Å²) in [5.41, 5.74) is 9.34. The fourth-order valence-corrected chi connectivity index (χ4v) is 3.95. The van der Waals surface area contributed by atoms with Gasteiger partial charge in [0.2, 0.25) is 0 Å². The van der Waals surface area contributed by atoms with Gasteiger partial charge in [-0.15, -0.1) is 10.2 Å². The second kappa shape index (κ2) is 7.40. The zero-order valence-electron chi connectivity index (χ0n) is 16.4. The molecule has 3 N–H and O–H groups in total. The van der Waals surface area contributed by atoms with E-state index < -0.39 is 0 Å². The molecule has 2 heterocycles. The van der Waals surface area contributed by atoms with E-state index in [0.717, 1.165) is 67.4 Å². The molecule has 1 aliphatic rings. The second-order valence-electron chi connectivity index (χ2n) is 7.79. The lowest BCUT2D eigenvalue weighted by Gasteiger charge is -2.31. The molecule has 7 nitrogen and oxygen atoms in total. The van der Waals surface area contributed by atoms with Gasteiger partial charge in [-0.2, -0.15) is 0 Å². The number of nitrogens with two attached hydrogens (primary N) is 1. The SMILES string of the molecule is CCn1c(CN(C)CCc2nc3c(C)cccc3[nH]2)nnc1C1CC(N)C1. The molecule has 3 aromatic rings. The zero-order valence-corrected chi connectivity index (χ0v) is 16.4. The van der Waals surface area contributed by atoms with Gasteiger partial charge in [0, 0.05) is 31.5 Å². The van der Waals surface area contributed by atoms with Crippen molar-refractivity contribution >= 4 is 11.0 Å². The van der Waals surface area contributed by atoms with E-state index in [2.05, 4.69) is 63.7 Å². The van der Waals surface area contributed by atoms with E-state index in [4.69, 9.17) is 10.7 Å². The number of para-hydroxylation sites is 1. The summed E-state index contributed by atoms with van der Waals surface area (Å²) in [5.74, 6) is 3.66. The number of nitrogens with zero attached hydrogens (tertiary/aromatic N) is 5. The van der Waals surface area contributed by atoms with Crippen molar-refractivity contribution in [3.8, 4) is 0 Å². The van der Waals surface area contributed by atoms with E-state index in [1.807, 2.05) is 0 Å². The number of aromatic nitrogens is 5. The minimum absolute atomic E-state index is 0.329. The van der Waals surface area contributed by atoms with Crippen LogP contribution >= 0.6 is 0 Å². The van der Waals surface area contributed by atoms with Crippen LogP contribution in [0.1, 0.15) is 48.7 Å². The summed E-state index contributed by atoms with van der Waals surface area (Å²) in [6.45, 7) is 6.87. The van der Waals surface area contributed by atoms with Crippen molar-refractivity contribution in [3.63, 3.8) is 0 Å².